The first kappa shape index (κ1) is 15.0. The molecule has 0 saturated carbocycles. The standard InChI is InChI=1S/C18H20N2OS/c1-13-16(12-19-17(21)14-8-4-2-5-9-14)22-18(20-13)15-10-6-3-7-11-15/h2-4,6-7,10-11,14H,5,8-9,12H2,1H3,(H,19,21)/t14-/m0/s1. The van der Waals surface area contributed by atoms with Crippen molar-refractivity contribution in [3.63, 3.8) is 0 Å². The van der Waals surface area contributed by atoms with Gasteiger partial charge < -0.3 is 5.32 Å². The Balaban J connectivity index is 1.64. The lowest BCUT2D eigenvalue weighted by molar-refractivity contribution is -0.125. The van der Waals surface area contributed by atoms with Crippen LogP contribution in [-0.2, 0) is 11.3 Å². The van der Waals surface area contributed by atoms with Gasteiger partial charge in [0.1, 0.15) is 5.01 Å². The molecule has 0 unspecified atom stereocenters. The predicted molar refractivity (Wildman–Crippen MR) is 90.6 cm³/mol. The first-order chi connectivity index (χ1) is 10.7. The summed E-state index contributed by atoms with van der Waals surface area (Å²) in [7, 11) is 0. The summed E-state index contributed by atoms with van der Waals surface area (Å²) in [5.41, 5.74) is 2.14. The maximum atomic E-state index is 12.2. The van der Waals surface area contributed by atoms with Crippen molar-refractivity contribution >= 4 is 17.2 Å². The summed E-state index contributed by atoms with van der Waals surface area (Å²) in [5.74, 6) is 0.297. The van der Waals surface area contributed by atoms with E-state index in [4.69, 9.17) is 0 Å². The summed E-state index contributed by atoms with van der Waals surface area (Å²) in [6.07, 6.45) is 7.10. The highest BCUT2D eigenvalue weighted by molar-refractivity contribution is 7.15. The van der Waals surface area contributed by atoms with Crippen LogP contribution in [0.4, 0.5) is 0 Å². The Morgan fingerprint density at radius 2 is 2.14 bits per heavy atom. The number of nitrogens with zero attached hydrogens (tertiary/aromatic N) is 1. The number of rotatable bonds is 4. The van der Waals surface area contributed by atoms with Gasteiger partial charge in [-0.3, -0.25) is 4.79 Å². The van der Waals surface area contributed by atoms with Gasteiger partial charge in [0, 0.05) is 16.4 Å². The van der Waals surface area contributed by atoms with E-state index in [1.165, 1.54) is 0 Å². The van der Waals surface area contributed by atoms with E-state index in [0.29, 0.717) is 6.54 Å². The van der Waals surface area contributed by atoms with E-state index in [0.717, 1.165) is 40.4 Å². The number of amides is 1. The number of carbonyl (C=O) groups is 1. The van der Waals surface area contributed by atoms with E-state index in [2.05, 4.69) is 34.6 Å². The van der Waals surface area contributed by atoms with Gasteiger partial charge in [0.2, 0.25) is 5.91 Å². The number of aryl methyl sites for hydroxylation is 1. The highest BCUT2D eigenvalue weighted by Gasteiger charge is 2.19. The molecule has 3 rings (SSSR count). The molecule has 2 aromatic rings. The summed E-state index contributed by atoms with van der Waals surface area (Å²) in [6.45, 7) is 2.59. The molecule has 0 bridgehead atoms. The molecule has 22 heavy (non-hydrogen) atoms. The second-order valence-electron chi connectivity index (χ2n) is 5.59. The maximum absolute atomic E-state index is 12.2. The molecule has 0 spiro atoms. The molecular formula is C18H20N2OS. The third kappa shape index (κ3) is 3.45. The van der Waals surface area contributed by atoms with E-state index < -0.39 is 0 Å². The van der Waals surface area contributed by atoms with Gasteiger partial charge >= 0.3 is 0 Å². The van der Waals surface area contributed by atoms with Gasteiger partial charge in [-0.1, -0.05) is 42.5 Å². The van der Waals surface area contributed by atoms with Crippen LogP contribution in [0.3, 0.4) is 0 Å². The van der Waals surface area contributed by atoms with E-state index >= 15 is 0 Å². The first-order valence-corrected chi connectivity index (χ1v) is 8.50. The lowest BCUT2D eigenvalue weighted by atomic mass is 9.94. The van der Waals surface area contributed by atoms with Crippen molar-refractivity contribution in [1.82, 2.24) is 10.3 Å². The van der Waals surface area contributed by atoms with Crippen molar-refractivity contribution in [3.8, 4) is 10.6 Å². The summed E-state index contributed by atoms with van der Waals surface area (Å²) >= 11 is 1.66. The van der Waals surface area contributed by atoms with Gasteiger partial charge in [-0.2, -0.15) is 0 Å². The van der Waals surface area contributed by atoms with Gasteiger partial charge in [0.05, 0.1) is 12.2 Å². The Hall–Kier alpha value is -1.94. The molecule has 1 aromatic heterocycles. The van der Waals surface area contributed by atoms with Crippen LogP contribution in [0, 0.1) is 12.8 Å². The zero-order valence-corrected chi connectivity index (χ0v) is 13.5. The Kier molecular flexibility index (Phi) is 4.68. The minimum Gasteiger partial charge on any atom is -0.351 e. The molecule has 4 heteroatoms. The van der Waals surface area contributed by atoms with Crippen molar-refractivity contribution in [2.75, 3.05) is 0 Å². The molecule has 1 amide bonds. The lowest BCUT2D eigenvalue weighted by Crippen LogP contribution is -2.30. The summed E-state index contributed by atoms with van der Waals surface area (Å²) in [4.78, 5) is 18.0. The predicted octanol–water partition coefficient (Wildman–Crippen LogP) is 4.09. The largest absolute Gasteiger partial charge is 0.351 e. The number of hydrogen-bond acceptors (Lipinski definition) is 3. The number of allylic oxidation sites excluding steroid dienone is 2. The Bertz CT molecular complexity index is 676. The average Bonchev–Trinajstić information content (AvgIpc) is 2.95. The molecule has 1 heterocycles. The van der Waals surface area contributed by atoms with Gasteiger partial charge in [-0.15, -0.1) is 11.3 Å². The minimum atomic E-state index is 0.131. The number of carbonyl (C=O) groups excluding carboxylic acids is 1. The quantitative estimate of drug-likeness (QED) is 0.864. The molecule has 114 valence electrons. The number of thiazole rings is 1. The Labute approximate surface area is 135 Å². The highest BCUT2D eigenvalue weighted by Crippen LogP contribution is 2.27. The molecule has 3 nitrogen and oxygen atoms in total. The highest BCUT2D eigenvalue weighted by atomic mass is 32.1. The van der Waals surface area contributed by atoms with Crippen LogP contribution < -0.4 is 5.32 Å². The maximum Gasteiger partial charge on any atom is 0.223 e. The zero-order valence-electron chi connectivity index (χ0n) is 12.7. The molecule has 0 aliphatic heterocycles. The fourth-order valence-electron chi connectivity index (χ4n) is 2.64. The molecule has 0 saturated heterocycles. The van der Waals surface area contributed by atoms with Gasteiger partial charge in [-0.05, 0) is 26.2 Å². The molecule has 1 aliphatic carbocycles. The Morgan fingerprint density at radius 3 is 2.86 bits per heavy atom. The molecular weight excluding hydrogens is 292 g/mol. The fraction of sp³-hybridized carbons (Fsp3) is 0.333. The van der Waals surface area contributed by atoms with Crippen LogP contribution in [0.5, 0.6) is 0 Å². The molecule has 1 aromatic carbocycles. The monoisotopic (exact) mass is 312 g/mol. The first-order valence-electron chi connectivity index (χ1n) is 7.68. The number of nitrogens with one attached hydrogen (secondary N) is 1. The molecule has 1 N–H and O–H groups in total. The van der Waals surface area contributed by atoms with Crippen molar-refractivity contribution in [3.05, 3.63) is 53.1 Å². The molecule has 1 atom stereocenters. The summed E-state index contributed by atoms with van der Waals surface area (Å²) in [5, 5.41) is 4.09. The van der Waals surface area contributed by atoms with Crippen molar-refractivity contribution in [1.29, 1.82) is 0 Å². The Morgan fingerprint density at radius 1 is 1.32 bits per heavy atom. The number of aromatic nitrogens is 1. The molecule has 1 aliphatic rings. The SMILES string of the molecule is Cc1nc(-c2ccccc2)sc1CNC(=O)[C@H]1CC=CCC1. The van der Waals surface area contributed by atoms with Crippen LogP contribution >= 0.6 is 11.3 Å². The minimum absolute atomic E-state index is 0.131. The number of benzene rings is 1. The lowest BCUT2D eigenvalue weighted by Gasteiger charge is -2.16. The third-order valence-corrected chi connectivity index (χ3v) is 5.18. The van der Waals surface area contributed by atoms with E-state index in [-0.39, 0.29) is 11.8 Å². The normalized spacial score (nSPS) is 17.4. The van der Waals surface area contributed by atoms with Gasteiger partial charge in [0.15, 0.2) is 0 Å². The van der Waals surface area contributed by atoms with Gasteiger partial charge in [0.25, 0.3) is 0 Å². The fourth-order valence-corrected chi connectivity index (χ4v) is 3.65. The smallest absolute Gasteiger partial charge is 0.223 e. The molecule has 0 radical (unpaired) electrons. The van der Waals surface area contributed by atoms with Crippen LogP contribution in [0.2, 0.25) is 0 Å². The molecule has 0 fully saturated rings. The summed E-state index contributed by atoms with van der Waals surface area (Å²) in [6, 6.07) is 10.2. The number of hydrogen-bond donors (Lipinski definition) is 1. The topological polar surface area (TPSA) is 42.0 Å². The van der Waals surface area contributed by atoms with Crippen molar-refractivity contribution in [2.45, 2.75) is 32.7 Å². The van der Waals surface area contributed by atoms with E-state index in [9.17, 15) is 4.79 Å². The summed E-state index contributed by atoms with van der Waals surface area (Å²) < 4.78 is 0. The van der Waals surface area contributed by atoms with Crippen LogP contribution in [0.15, 0.2) is 42.5 Å². The average molecular weight is 312 g/mol. The van der Waals surface area contributed by atoms with Crippen LogP contribution in [0.1, 0.15) is 29.8 Å². The van der Waals surface area contributed by atoms with Crippen LogP contribution in [0.25, 0.3) is 10.6 Å². The zero-order chi connectivity index (χ0) is 15.4. The van der Waals surface area contributed by atoms with Crippen molar-refractivity contribution in [2.24, 2.45) is 5.92 Å². The third-order valence-electron chi connectivity index (χ3n) is 3.98. The second kappa shape index (κ2) is 6.88. The van der Waals surface area contributed by atoms with Crippen LogP contribution in [-0.4, -0.2) is 10.9 Å². The second-order valence-corrected chi connectivity index (χ2v) is 6.68. The van der Waals surface area contributed by atoms with E-state index in [1.807, 2.05) is 25.1 Å². The van der Waals surface area contributed by atoms with Crippen molar-refractivity contribution < 1.29 is 4.79 Å². The van der Waals surface area contributed by atoms with Gasteiger partial charge in [-0.25, -0.2) is 4.98 Å². The van der Waals surface area contributed by atoms with E-state index in [1.54, 1.807) is 11.3 Å².